The SMILES string of the molecule is CC(C)NC(=O)CCNC(C)Cc1ccccc1. The van der Waals surface area contributed by atoms with E-state index in [-0.39, 0.29) is 11.9 Å². The van der Waals surface area contributed by atoms with Crippen LogP contribution in [-0.2, 0) is 11.2 Å². The lowest BCUT2D eigenvalue weighted by Crippen LogP contribution is -2.35. The smallest absolute Gasteiger partial charge is 0.221 e. The molecule has 0 fully saturated rings. The summed E-state index contributed by atoms with van der Waals surface area (Å²) in [7, 11) is 0. The van der Waals surface area contributed by atoms with Crippen LogP contribution in [0.1, 0.15) is 32.8 Å². The molecule has 0 aliphatic rings. The summed E-state index contributed by atoms with van der Waals surface area (Å²) in [4.78, 5) is 11.4. The van der Waals surface area contributed by atoms with Gasteiger partial charge in [-0.1, -0.05) is 30.3 Å². The Balaban J connectivity index is 2.18. The first-order chi connectivity index (χ1) is 8.58. The highest BCUT2D eigenvalue weighted by atomic mass is 16.1. The summed E-state index contributed by atoms with van der Waals surface area (Å²) in [6.45, 7) is 6.83. The average Bonchev–Trinajstić information content (AvgIpc) is 2.29. The van der Waals surface area contributed by atoms with Crippen molar-refractivity contribution >= 4 is 5.91 Å². The van der Waals surface area contributed by atoms with Crippen molar-refractivity contribution in [2.75, 3.05) is 6.54 Å². The zero-order valence-electron chi connectivity index (χ0n) is 11.6. The van der Waals surface area contributed by atoms with E-state index in [0.29, 0.717) is 12.5 Å². The van der Waals surface area contributed by atoms with Crippen LogP contribution in [0.25, 0.3) is 0 Å². The minimum Gasteiger partial charge on any atom is -0.354 e. The zero-order chi connectivity index (χ0) is 13.4. The van der Waals surface area contributed by atoms with Gasteiger partial charge < -0.3 is 10.6 Å². The Labute approximate surface area is 110 Å². The van der Waals surface area contributed by atoms with Crippen LogP contribution in [0.15, 0.2) is 30.3 Å². The largest absolute Gasteiger partial charge is 0.354 e. The molecular formula is C15H24N2O. The summed E-state index contributed by atoms with van der Waals surface area (Å²) in [5.74, 6) is 0.115. The topological polar surface area (TPSA) is 41.1 Å². The standard InChI is InChI=1S/C15H24N2O/c1-12(2)17-15(18)9-10-16-13(3)11-14-7-5-4-6-8-14/h4-8,12-13,16H,9-11H2,1-3H3,(H,17,18). The molecule has 18 heavy (non-hydrogen) atoms. The second-order valence-corrected chi connectivity index (χ2v) is 5.02. The van der Waals surface area contributed by atoms with E-state index in [1.165, 1.54) is 5.56 Å². The van der Waals surface area contributed by atoms with Gasteiger partial charge >= 0.3 is 0 Å². The highest BCUT2D eigenvalue weighted by Gasteiger charge is 2.05. The lowest BCUT2D eigenvalue weighted by Gasteiger charge is -2.14. The highest BCUT2D eigenvalue weighted by molar-refractivity contribution is 5.76. The van der Waals surface area contributed by atoms with E-state index >= 15 is 0 Å². The van der Waals surface area contributed by atoms with Crippen LogP contribution in [0.3, 0.4) is 0 Å². The lowest BCUT2D eigenvalue weighted by atomic mass is 10.1. The van der Waals surface area contributed by atoms with E-state index in [2.05, 4.69) is 41.8 Å². The summed E-state index contributed by atoms with van der Waals surface area (Å²) >= 11 is 0. The summed E-state index contributed by atoms with van der Waals surface area (Å²) in [6.07, 6.45) is 1.53. The summed E-state index contributed by atoms with van der Waals surface area (Å²) < 4.78 is 0. The fourth-order valence-electron chi connectivity index (χ4n) is 1.87. The van der Waals surface area contributed by atoms with Crippen molar-refractivity contribution < 1.29 is 4.79 Å². The van der Waals surface area contributed by atoms with Gasteiger partial charge in [-0.25, -0.2) is 0 Å². The summed E-state index contributed by atoms with van der Waals surface area (Å²) in [5.41, 5.74) is 1.32. The van der Waals surface area contributed by atoms with Crippen molar-refractivity contribution in [3.63, 3.8) is 0 Å². The van der Waals surface area contributed by atoms with Crippen LogP contribution in [0, 0.1) is 0 Å². The molecule has 0 aliphatic heterocycles. The number of carbonyl (C=O) groups excluding carboxylic acids is 1. The summed E-state index contributed by atoms with van der Waals surface area (Å²) in [6, 6.07) is 11.0. The number of amides is 1. The predicted molar refractivity (Wildman–Crippen MR) is 75.5 cm³/mol. The van der Waals surface area contributed by atoms with Gasteiger partial charge in [0.1, 0.15) is 0 Å². The van der Waals surface area contributed by atoms with Crippen LogP contribution >= 0.6 is 0 Å². The maximum absolute atomic E-state index is 11.4. The van der Waals surface area contributed by atoms with Crippen LogP contribution in [0.4, 0.5) is 0 Å². The number of hydrogen-bond donors (Lipinski definition) is 2. The monoisotopic (exact) mass is 248 g/mol. The minimum atomic E-state index is 0.115. The highest BCUT2D eigenvalue weighted by Crippen LogP contribution is 2.02. The molecule has 0 aliphatic carbocycles. The molecule has 0 spiro atoms. The van der Waals surface area contributed by atoms with Crippen molar-refractivity contribution in [2.24, 2.45) is 0 Å². The van der Waals surface area contributed by atoms with Gasteiger partial charge in [0.2, 0.25) is 5.91 Å². The number of nitrogens with one attached hydrogen (secondary N) is 2. The molecule has 0 bridgehead atoms. The minimum absolute atomic E-state index is 0.115. The number of hydrogen-bond acceptors (Lipinski definition) is 2. The van der Waals surface area contributed by atoms with Crippen LogP contribution in [-0.4, -0.2) is 24.5 Å². The Morgan fingerprint density at radius 1 is 1.17 bits per heavy atom. The molecule has 1 aromatic rings. The van der Waals surface area contributed by atoms with Gasteiger partial charge in [0.15, 0.2) is 0 Å². The first kappa shape index (κ1) is 14.7. The molecule has 2 N–H and O–H groups in total. The third-order valence-corrected chi connectivity index (χ3v) is 2.68. The Morgan fingerprint density at radius 2 is 1.83 bits per heavy atom. The van der Waals surface area contributed by atoms with E-state index in [9.17, 15) is 4.79 Å². The van der Waals surface area contributed by atoms with Gasteiger partial charge in [0.25, 0.3) is 0 Å². The van der Waals surface area contributed by atoms with Crippen molar-refractivity contribution in [2.45, 2.75) is 45.7 Å². The molecule has 100 valence electrons. The van der Waals surface area contributed by atoms with Crippen molar-refractivity contribution in [3.8, 4) is 0 Å². The van der Waals surface area contributed by atoms with Crippen molar-refractivity contribution in [1.82, 2.24) is 10.6 Å². The molecule has 3 nitrogen and oxygen atoms in total. The maximum atomic E-state index is 11.4. The van der Waals surface area contributed by atoms with Gasteiger partial charge in [-0.15, -0.1) is 0 Å². The van der Waals surface area contributed by atoms with Gasteiger partial charge in [0.05, 0.1) is 0 Å². The molecule has 1 amide bonds. The van der Waals surface area contributed by atoms with Gasteiger partial charge in [-0.2, -0.15) is 0 Å². The van der Waals surface area contributed by atoms with Crippen LogP contribution < -0.4 is 10.6 Å². The maximum Gasteiger partial charge on any atom is 0.221 e. The molecule has 1 atom stereocenters. The Hall–Kier alpha value is -1.35. The van der Waals surface area contributed by atoms with E-state index in [1.54, 1.807) is 0 Å². The van der Waals surface area contributed by atoms with Gasteiger partial charge in [0, 0.05) is 25.0 Å². The van der Waals surface area contributed by atoms with E-state index < -0.39 is 0 Å². The van der Waals surface area contributed by atoms with Crippen LogP contribution in [0.5, 0.6) is 0 Å². The fraction of sp³-hybridized carbons (Fsp3) is 0.533. The van der Waals surface area contributed by atoms with E-state index in [0.717, 1.165) is 13.0 Å². The molecule has 1 aromatic carbocycles. The van der Waals surface area contributed by atoms with Crippen molar-refractivity contribution in [1.29, 1.82) is 0 Å². The second-order valence-electron chi connectivity index (χ2n) is 5.02. The molecule has 0 saturated heterocycles. The molecule has 0 radical (unpaired) electrons. The number of carbonyl (C=O) groups is 1. The van der Waals surface area contributed by atoms with Crippen LogP contribution in [0.2, 0.25) is 0 Å². The quantitative estimate of drug-likeness (QED) is 0.776. The molecule has 0 aromatic heterocycles. The van der Waals surface area contributed by atoms with Gasteiger partial charge in [-0.3, -0.25) is 4.79 Å². The van der Waals surface area contributed by atoms with E-state index in [4.69, 9.17) is 0 Å². The average molecular weight is 248 g/mol. The first-order valence-corrected chi connectivity index (χ1v) is 6.64. The Morgan fingerprint density at radius 3 is 2.44 bits per heavy atom. The lowest BCUT2D eigenvalue weighted by molar-refractivity contribution is -0.121. The molecule has 0 heterocycles. The first-order valence-electron chi connectivity index (χ1n) is 6.64. The number of benzene rings is 1. The fourth-order valence-corrected chi connectivity index (χ4v) is 1.87. The second kappa shape index (κ2) is 7.88. The van der Waals surface area contributed by atoms with Gasteiger partial charge in [-0.05, 0) is 32.8 Å². The third kappa shape index (κ3) is 6.40. The van der Waals surface area contributed by atoms with Crippen molar-refractivity contribution in [3.05, 3.63) is 35.9 Å². The predicted octanol–water partition coefficient (Wildman–Crippen LogP) is 2.12. The Kier molecular flexibility index (Phi) is 6.44. The molecule has 1 rings (SSSR count). The third-order valence-electron chi connectivity index (χ3n) is 2.68. The zero-order valence-corrected chi connectivity index (χ0v) is 11.6. The normalized spacial score (nSPS) is 12.4. The molecule has 1 unspecified atom stereocenters. The number of rotatable bonds is 7. The Bertz CT molecular complexity index is 349. The molecule has 0 saturated carbocycles. The molecular weight excluding hydrogens is 224 g/mol. The van der Waals surface area contributed by atoms with E-state index in [1.807, 2.05) is 19.9 Å². The molecule has 3 heteroatoms. The summed E-state index contributed by atoms with van der Waals surface area (Å²) in [5, 5.41) is 6.26.